The molecule has 0 unspecified atom stereocenters. The number of hydrogen-bond acceptors (Lipinski definition) is 3. The molecule has 3 nitrogen and oxygen atoms in total. The first-order valence-electron chi connectivity index (χ1n) is 9.25. The summed E-state index contributed by atoms with van der Waals surface area (Å²) in [5.74, 6) is 2.27. The molecule has 4 fully saturated rings. The first-order valence-corrected chi connectivity index (χ1v) is 9.25. The van der Waals surface area contributed by atoms with Gasteiger partial charge in [0.1, 0.15) is 5.78 Å². The highest BCUT2D eigenvalue weighted by atomic mass is 16.3. The SMILES string of the molecule is C[C@]12CC[C@H](O)C[C@H]1CC[C@H]1[C@H]2[C@@H](O)C[C@]2(C)C(=O)CC[C@@H]12. The second-order valence-corrected chi connectivity index (χ2v) is 9.16. The van der Waals surface area contributed by atoms with Gasteiger partial charge in [0.25, 0.3) is 0 Å². The number of aliphatic hydroxyl groups is 2. The summed E-state index contributed by atoms with van der Waals surface area (Å²) in [7, 11) is 0. The van der Waals surface area contributed by atoms with Gasteiger partial charge in [-0.2, -0.15) is 0 Å². The molecule has 0 saturated heterocycles. The van der Waals surface area contributed by atoms with E-state index in [1.54, 1.807) is 0 Å². The van der Waals surface area contributed by atoms with Gasteiger partial charge in [-0.15, -0.1) is 0 Å². The van der Waals surface area contributed by atoms with Crippen molar-refractivity contribution in [3.8, 4) is 0 Å². The summed E-state index contributed by atoms with van der Waals surface area (Å²) in [5, 5.41) is 21.0. The zero-order chi connectivity index (χ0) is 15.7. The maximum atomic E-state index is 12.4. The Kier molecular flexibility index (Phi) is 3.30. The number of hydrogen-bond donors (Lipinski definition) is 2. The van der Waals surface area contributed by atoms with Crippen molar-refractivity contribution in [2.75, 3.05) is 0 Å². The zero-order valence-electron chi connectivity index (χ0n) is 13.9. The largest absolute Gasteiger partial charge is 0.393 e. The third kappa shape index (κ3) is 1.84. The summed E-state index contributed by atoms with van der Waals surface area (Å²) in [5.41, 5.74) is -0.105. The maximum absolute atomic E-state index is 12.4. The fraction of sp³-hybridized carbons (Fsp3) is 0.947. The molecular weight excluding hydrogens is 276 g/mol. The Bertz CT molecular complexity index is 489. The standard InChI is InChI=1S/C19H30O3/c1-18-8-7-12(20)9-11(18)3-4-13-14-5-6-16(22)19(14,2)10-15(21)17(13)18/h11-15,17,20-21H,3-10H2,1-2H3/t11-,12+,13-,14+,15+,17+,18+,19+/m1/s1. The van der Waals surface area contributed by atoms with Gasteiger partial charge >= 0.3 is 0 Å². The van der Waals surface area contributed by atoms with Gasteiger partial charge in [-0.3, -0.25) is 4.79 Å². The number of Topliss-reactive ketones (excluding diaryl/α,β-unsaturated/α-hetero) is 1. The van der Waals surface area contributed by atoms with Gasteiger partial charge in [0, 0.05) is 11.8 Å². The minimum atomic E-state index is -0.337. The Balaban J connectivity index is 1.69. The normalized spacial score (nSPS) is 57.9. The highest BCUT2D eigenvalue weighted by Gasteiger charge is 2.63. The molecule has 0 aliphatic heterocycles. The second-order valence-electron chi connectivity index (χ2n) is 9.16. The lowest BCUT2D eigenvalue weighted by molar-refractivity contribution is -0.175. The molecule has 0 bridgehead atoms. The summed E-state index contributed by atoms with van der Waals surface area (Å²) in [6.07, 6.45) is 7.08. The van der Waals surface area contributed by atoms with Gasteiger partial charge in [0.15, 0.2) is 0 Å². The van der Waals surface area contributed by atoms with Crippen LogP contribution >= 0.6 is 0 Å². The third-order valence-corrected chi connectivity index (χ3v) is 8.28. The number of ketones is 1. The number of carbonyl (C=O) groups is 1. The second kappa shape index (κ2) is 4.80. The molecule has 2 N–H and O–H groups in total. The van der Waals surface area contributed by atoms with Crippen LogP contribution in [0.15, 0.2) is 0 Å². The highest BCUT2D eigenvalue weighted by Crippen LogP contribution is 2.65. The molecule has 0 heterocycles. The molecule has 22 heavy (non-hydrogen) atoms. The molecule has 4 aliphatic rings. The van der Waals surface area contributed by atoms with Crippen molar-refractivity contribution in [3.05, 3.63) is 0 Å². The van der Waals surface area contributed by atoms with Crippen LogP contribution in [0.3, 0.4) is 0 Å². The zero-order valence-corrected chi connectivity index (χ0v) is 13.9. The summed E-state index contributed by atoms with van der Waals surface area (Å²) >= 11 is 0. The molecule has 0 aromatic carbocycles. The van der Waals surface area contributed by atoms with E-state index in [4.69, 9.17) is 0 Å². The molecule has 8 atom stereocenters. The fourth-order valence-corrected chi connectivity index (χ4v) is 7.13. The van der Waals surface area contributed by atoms with Crippen LogP contribution in [0.2, 0.25) is 0 Å². The van der Waals surface area contributed by atoms with Gasteiger partial charge in [0.05, 0.1) is 12.2 Å². The van der Waals surface area contributed by atoms with E-state index >= 15 is 0 Å². The van der Waals surface area contributed by atoms with Crippen molar-refractivity contribution >= 4 is 5.78 Å². The Hall–Kier alpha value is -0.410. The molecule has 0 radical (unpaired) electrons. The number of aliphatic hydroxyl groups excluding tert-OH is 2. The molecule has 124 valence electrons. The predicted octanol–water partition coefficient (Wildman–Crippen LogP) is 2.93. The average molecular weight is 306 g/mol. The van der Waals surface area contributed by atoms with Crippen LogP contribution in [0.5, 0.6) is 0 Å². The molecule has 0 amide bonds. The number of rotatable bonds is 0. The van der Waals surface area contributed by atoms with Crippen LogP contribution in [0, 0.1) is 34.5 Å². The minimum Gasteiger partial charge on any atom is -0.393 e. The number of fused-ring (bicyclic) bond motifs is 5. The highest BCUT2D eigenvalue weighted by molar-refractivity contribution is 5.87. The van der Waals surface area contributed by atoms with E-state index in [0.29, 0.717) is 35.9 Å². The van der Waals surface area contributed by atoms with Crippen LogP contribution in [-0.2, 0) is 4.79 Å². The predicted molar refractivity (Wildman–Crippen MR) is 84.1 cm³/mol. The van der Waals surface area contributed by atoms with E-state index in [2.05, 4.69) is 13.8 Å². The van der Waals surface area contributed by atoms with Crippen LogP contribution in [0.1, 0.15) is 65.2 Å². The summed E-state index contributed by atoms with van der Waals surface area (Å²) in [6.45, 7) is 4.48. The van der Waals surface area contributed by atoms with E-state index in [0.717, 1.165) is 38.5 Å². The Morgan fingerprint density at radius 2 is 1.86 bits per heavy atom. The lowest BCUT2D eigenvalue weighted by atomic mass is 9.44. The van der Waals surface area contributed by atoms with Crippen LogP contribution in [0.25, 0.3) is 0 Å². The molecule has 4 aliphatic carbocycles. The summed E-state index contributed by atoms with van der Waals surface area (Å²) in [6, 6.07) is 0. The molecule has 0 spiro atoms. The smallest absolute Gasteiger partial charge is 0.139 e. The topological polar surface area (TPSA) is 57.5 Å². The van der Waals surface area contributed by atoms with Crippen molar-refractivity contribution < 1.29 is 15.0 Å². The van der Waals surface area contributed by atoms with E-state index in [1.165, 1.54) is 6.42 Å². The monoisotopic (exact) mass is 306 g/mol. The average Bonchev–Trinajstić information content (AvgIpc) is 2.75. The molecular formula is C19H30O3. The third-order valence-electron chi connectivity index (χ3n) is 8.28. The van der Waals surface area contributed by atoms with E-state index in [-0.39, 0.29) is 23.0 Å². The van der Waals surface area contributed by atoms with E-state index < -0.39 is 0 Å². The van der Waals surface area contributed by atoms with Crippen LogP contribution in [0.4, 0.5) is 0 Å². The van der Waals surface area contributed by atoms with Crippen molar-refractivity contribution in [1.82, 2.24) is 0 Å². The van der Waals surface area contributed by atoms with Gasteiger partial charge in [-0.05, 0) is 74.0 Å². The molecule has 4 saturated carbocycles. The minimum absolute atomic E-state index is 0.145. The Labute approximate surface area is 133 Å². The lowest BCUT2D eigenvalue weighted by Gasteiger charge is -2.61. The van der Waals surface area contributed by atoms with Gasteiger partial charge in [-0.25, -0.2) is 0 Å². The fourth-order valence-electron chi connectivity index (χ4n) is 7.13. The van der Waals surface area contributed by atoms with Crippen molar-refractivity contribution in [2.24, 2.45) is 34.5 Å². The molecule has 3 heteroatoms. The van der Waals surface area contributed by atoms with Gasteiger partial charge in [-0.1, -0.05) is 13.8 Å². The van der Waals surface area contributed by atoms with Crippen molar-refractivity contribution in [2.45, 2.75) is 77.4 Å². The molecule has 0 aromatic heterocycles. The summed E-state index contributed by atoms with van der Waals surface area (Å²) < 4.78 is 0. The summed E-state index contributed by atoms with van der Waals surface area (Å²) in [4.78, 5) is 12.4. The number of carbonyl (C=O) groups excluding carboxylic acids is 1. The van der Waals surface area contributed by atoms with Crippen molar-refractivity contribution in [1.29, 1.82) is 0 Å². The first-order chi connectivity index (χ1) is 10.4. The molecule has 0 aromatic rings. The van der Waals surface area contributed by atoms with Crippen LogP contribution < -0.4 is 0 Å². The lowest BCUT2D eigenvalue weighted by Crippen LogP contribution is -2.59. The van der Waals surface area contributed by atoms with E-state index in [1.807, 2.05) is 0 Å². The van der Waals surface area contributed by atoms with Crippen LogP contribution in [-0.4, -0.2) is 28.2 Å². The maximum Gasteiger partial charge on any atom is 0.139 e. The van der Waals surface area contributed by atoms with Gasteiger partial charge in [0.2, 0.25) is 0 Å². The van der Waals surface area contributed by atoms with Gasteiger partial charge < -0.3 is 10.2 Å². The Morgan fingerprint density at radius 1 is 1.09 bits per heavy atom. The Morgan fingerprint density at radius 3 is 2.64 bits per heavy atom. The molecule has 4 rings (SSSR count). The quantitative estimate of drug-likeness (QED) is 0.723. The first kappa shape index (κ1) is 15.1. The van der Waals surface area contributed by atoms with Crippen molar-refractivity contribution in [3.63, 3.8) is 0 Å². The van der Waals surface area contributed by atoms with E-state index in [9.17, 15) is 15.0 Å².